The molecule has 144 valence electrons. The quantitative estimate of drug-likeness (QED) is 0.818. The van der Waals surface area contributed by atoms with Crippen molar-refractivity contribution in [3.05, 3.63) is 70.8 Å². The Morgan fingerprint density at radius 1 is 1.11 bits per heavy atom. The molecular formula is C20H20F3NO3. The summed E-state index contributed by atoms with van der Waals surface area (Å²) in [7, 11) is 0. The van der Waals surface area contributed by atoms with Crippen molar-refractivity contribution < 1.29 is 27.8 Å². The van der Waals surface area contributed by atoms with Gasteiger partial charge in [0.2, 0.25) is 0 Å². The third kappa shape index (κ3) is 4.48. The van der Waals surface area contributed by atoms with Gasteiger partial charge in [-0.25, -0.2) is 4.79 Å². The van der Waals surface area contributed by atoms with Crippen LogP contribution >= 0.6 is 0 Å². The molecule has 0 aromatic heterocycles. The van der Waals surface area contributed by atoms with Crippen LogP contribution in [0.3, 0.4) is 0 Å². The molecule has 0 aliphatic carbocycles. The third-order valence-corrected chi connectivity index (χ3v) is 4.89. The Balaban J connectivity index is 1.88. The standard InChI is InChI=1S/C20H20F3NO3/c21-20(22,23)17-6-2-5-16(12-17)19(7-9-27-10-8-19)24-13-14-3-1-4-15(11-14)18(25)26/h1-6,11-12,24H,7-10,13H2,(H,25,26). The average Bonchev–Trinajstić information content (AvgIpc) is 2.67. The minimum atomic E-state index is -4.40. The molecule has 2 aromatic carbocycles. The van der Waals surface area contributed by atoms with Crippen LogP contribution < -0.4 is 5.32 Å². The molecule has 0 atom stereocenters. The van der Waals surface area contributed by atoms with Crippen molar-refractivity contribution in [2.45, 2.75) is 31.1 Å². The molecule has 2 aromatic rings. The maximum Gasteiger partial charge on any atom is 0.416 e. The lowest BCUT2D eigenvalue weighted by atomic mass is 9.81. The van der Waals surface area contributed by atoms with E-state index in [0.29, 0.717) is 38.2 Å². The van der Waals surface area contributed by atoms with Gasteiger partial charge in [0.25, 0.3) is 0 Å². The van der Waals surface area contributed by atoms with E-state index in [1.165, 1.54) is 18.2 Å². The van der Waals surface area contributed by atoms with Crippen LogP contribution in [0.4, 0.5) is 13.2 Å². The fourth-order valence-electron chi connectivity index (χ4n) is 3.37. The van der Waals surface area contributed by atoms with Gasteiger partial charge in [-0.1, -0.05) is 24.3 Å². The molecule has 0 spiro atoms. The van der Waals surface area contributed by atoms with E-state index in [-0.39, 0.29) is 5.56 Å². The largest absolute Gasteiger partial charge is 0.478 e. The fraction of sp³-hybridized carbons (Fsp3) is 0.350. The summed E-state index contributed by atoms with van der Waals surface area (Å²) < 4.78 is 44.8. The molecule has 0 bridgehead atoms. The topological polar surface area (TPSA) is 58.6 Å². The second-order valence-corrected chi connectivity index (χ2v) is 6.63. The predicted octanol–water partition coefficient (Wildman–Crippen LogP) is 4.20. The highest BCUT2D eigenvalue weighted by molar-refractivity contribution is 5.87. The lowest BCUT2D eigenvalue weighted by molar-refractivity contribution is -0.137. The van der Waals surface area contributed by atoms with Gasteiger partial charge in [0.05, 0.1) is 11.1 Å². The number of carboxylic acid groups (broad SMARTS) is 1. The highest BCUT2D eigenvalue weighted by atomic mass is 19.4. The normalized spacial score (nSPS) is 16.9. The molecule has 1 aliphatic heterocycles. The first kappa shape index (κ1) is 19.4. The Morgan fingerprint density at radius 2 is 1.81 bits per heavy atom. The number of benzene rings is 2. The summed E-state index contributed by atoms with van der Waals surface area (Å²) in [6.07, 6.45) is -3.34. The van der Waals surface area contributed by atoms with Gasteiger partial charge in [0.1, 0.15) is 0 Å². The molecule has 2 N–H and O–H groups in total. The molecule has 0 saturated carbocycles. The number of hydrogen-bond acceptors (Lipinski definition) is 3. The minimum Gasteiger partial charge on any atom is -0.478 e. The van der Waals surface area contributed by atoms with E-state index in [2.05, 4.69) is 5.32 Å². The number of hydrogen-bond donors (Lipinski definition) is 2. The monoisotopic (exact) mass is 379 g/mol. The second kappa shape index (κ2) is 7.70. The molecule has 0 amide bonds. The van der Waals surface area contributed by atoms with Crippen LogP contribution in [0.2, 0.25) is 0 Å². The van der Waals surface area contributed by atoms with Crippen LogP contribution in [-0.2, 0) is 23.0 Å². The molecule has 1 fully saturated rings. The highest BCUT2D eigenvalue weighted by Crippen LogP contribution is 2.36. The smallest absolute Gasteiger partial charge is 0.416 e. The van der Waals surface area contributed by atoms with Gasteiger partial charge in [0, 0.05) is 25.3 Å². The number of aromatic carboxylic acids is 1. The molecule has 1 saturated heterocycles. The minimum absolute atomic E-state index is 0.175. The van der Waals surface area contributed by atoms with E-state index in [4.69, 9.17) is 9.84 Å². The third-order valence-electron chi connectivity index (χ3n) is 4.89. The molecule has 4 nitrogen and oxygen atoms in total. The molecule has 27 heavy (non-hydrogen) atoms. The van der Waals surface area contributed by atoms with Gasteiger partial charge in [-0.15, -0.1) is 0 Å². The van der Waals surface area contributed by atoms with E-state index in [0.717, 1.165) is 11.6 Å². The zero-order valence-corrected chi connectivity index (χ0v) is 14.6. The molecule has 3 rings (SSSR count). The van der Waals surface area contributed by atoms with Crippen molar-refractivity contribution >= 4 is 5.97 Å². The van der Waals surface area contributed by atoms with Crippen LogP contribution in [0.5, 0.6) is 0 Å². The lowest BCUT2D eigenvalue weighted by Crippen LogP contribution is -2.46. The Hall–Kier alpha value is -2.38. The van der Waals surface area contributed by atoms with Crippen LogP contribution in [0.25, 0.3) is 0 Å². The summed E-state index contributed by atoms with van der Waals surface area (Å²) in [5, 5.41) is 12.5. The number of alkyl halides is 3. The number of nitrogens with one attached hydrogen (secondary N) is 1. The van der Waals surface area contributed by atoms with Crippen molar-refractivity contribution in [1.29, 1.82) is 0 Å². The molecule has 0 unspecified atom stereocenters. The molecule has 0 radical (unpaired) electrons. The molecule has 1 aliphatic rings. The Labute approximate surface area is 155 Å². The van der Waals surface area contributed by atoms with Gasteiger partial charge in [-0.3, -0.25) is 0 Å². The van der Waals surface area contributed by atoms with Crippen LogP contribution in [0, 0.1) is 0 Å². The van der Waals surface area contributed by atoms with Crippen molar-refractivity contribution in [2.24, 2.45) is 0 Å². The van der Waals surface area contributed by atoms with Gasteiger partial charge in [-0.05, 0) is 48.2 Å². The first-order valence-electron chi connectivity index (χ1n) is 8.63. The van der Waals surface area contributed by atoms with Crippen molar-refractivity contribution in [3.63, 3.8) is 0 Å². The zero-order chi connectivity index (χ0) is 19.5. The summed E-state index contributed by atoms with van der Waals surface area (Å²) in [6.45, 7) is 1.23. The maximum atomic E-state index is 13.1. The SMILES string of the molecule is O=C(O)c1cccc(CNC2(c3cccc(C(F)(F)F)c3)CCOCC2)c1. The summed E-state index contributed by atoms with van der Waals surface area (Å²) >= 11 is 0. The Morgan fingerprint density at radius 3 is 2.48 bits per heavy atom. The molecular weight excluding hydrogens is 359 g/mol. The Kier molecular flexibility index (Phi) is 5.53. The Bertz CT molecular complexity index is 814. The van der Waals surface area contributed by atoms with Crippen LogP contribution in [0.15, 0.2) is 48.5 Å². The first-order valence-corrected chi connectivity index (χ1v) is 8.63. The predicted molar refractivity (Wildman–Crippen MR) is 93.4 cm³/mol. The van der Waals surface area contributed by atoms with Gasteiger partial charge < -0.3 is 15.2 Å². The van der Waals surface area contributed by atoms with Crippen molar-refractivity contribution in [3.8, 4) is 0 Å². The number of carbonyl (C=O) groups is 1. The van der Waals surface area contributed by atoms with Crippen molar-refractivity contribution in [1.82, 2.24) is 5.32 Å². The summed E-state index contributed by atoms with van der Waals surface area (Å²) in [5.74, 6) is -1.02. The van der Waals surface area contributed by atoms with E-state index in [1.54, 1.807) is 24.3 Å². The lowest BCUT2D eigenvalue weighted by Gasteiger charge is -2.39. The van der Waals surface area contributed by atoms with Crippen LogP contribution in [0.1, 0.15) is 39.9 Å². The maximum absolute atomic E-state index is 13.1. The molecule has 7 heteroatoms. The number of ether oxygens (including phenoxy) is 1. The average molecular weight is 379 g/mol. The number of carboxylic acids is 1. The number of halogens is 3. The highest BCUT2D eigenvalue weighted by Gasteiger charge is 2.37. The summed E-state index contributed by atoms with van der Waals surface area (Å²) in [4.78, 5) is 11.1. The van der Waals surface area contributed by atoms with E-state index in [9.17, 15) is 18.0 Å². The van der Waals surface area contributed by atoms with Gasteiger partial charge in [-0.2, -0.15) is 13.2 Å². The van der Waals surface area contributed by atoms with E-state index in [1.807, 2.05) is 0 Å². The van der Waals surface area contributed by atoms with E-state index < -0.39 is 23.2 Å². The number of rotatable bonds is 5. The van der Waals surface area contributed by atoms with Gasteiger partial charge >= 0.3 is 12.1 Å². The van der Waals surface area contributed by atoms with Gasteiger partial charge in [0.15, 0.2) is 0 Å². The van der Waals surface area contributed by atoms with Crippen LogP contribution in [-0.4, -0.2) is 24.3 Å². The molecule has 1 heterocycles. The zero-order valence-electron chi connectivity index (χ0n) is 14.6. The second-order valence-electron chi connectivity index (χ2n) is 6.63. The van der Waals surface area contributed by atoms with E-state index >= 15 is 0 Å². The summed E-state index contributed by atoms with van der Waals surface area (Å²) in [5.41, 5.74) is 0.163. The van der Waals surface area contributed by atoms with Crippen molar-refractivity contribution in [2.75, 3.05) is 13.2 Å². The first-order chi connectivity index (χ1) is 12.8. The summed E-state index contributed by atoms with van der Waals surface area (Å²) in [6, 6.07) is 11.9. The fourth-order valence-corrected chi connectivity index (χ4v) is 3.37.